The van der Waals surface area contributed by atoms with E-state index in [9.17, 15) is 9.18 Å². The van der Waals surface area contributed by atoms with Crippen LogP contribution in [-0.2, 0) is 11.3 Å². The number of hydrogen-bond donors (Lipinski definition) is 1. The molecule has 0 radical (unpaired) electrons. The molecule has 0 aromatic carbocycles. The monoisotopic (exact) mass is 235 g/mol. The highest BCUT2D eigenvalue weighted by molar-refractivity contribution is 5.89. The van der Waals surface area contributed by atoms with E-state index < -0.39 is 5.82 Å². The van der Waals surface area contributed by atoms with Crippen molar-refractivity contribution in [3.8, 4) is 0 Å². The van der Waals surface area contributed by atoms with Gasteiger partial charge in [0.1, 0.15) is 18.2 Å². The van der Waals surface area contributed by atoms with Crippen LogP contribution in [0, 0.1) is 12.7 Å². The highest BCUT2D eigenvalue weighted by Crippen LogP contribution is 2.03. The van der Waals surface area contributed by atoms with Crippen LogP contribution in [0.4, 0.5) is 10.2 Å². The first-order valence-corrected chi connectivity index (χ1v) is 4.91. The van der Waals surface area contributed by atoms with Crippen LogP contribution in [0.15, 0.2) is 24.5 Å². The molecule has 1 amide bonds. The fraction of sp³-hybridized carbons (Fsp3) is 0.200. The van der Waals surface area contributed by atoms with Crippen LogP contribution in [0.1, 0.15) is 5.69 Å². The quantitative estimate of drug-likeness (QED) is 0.852. The Balaban J connectivity index is 1.98. The maximum absolute atomic E-state index is 12.6. The van der Waals surface area contributed by atoms with Crippen molar-refractivity contribution in [2.45, 2.75) is 13.5 Å². The minimum absolute atomic E-state index is 0.0465. The number of hydrogen-bond acceptors (Lipinski definition) is 4. The molecule has 2 heterocycles. The van der Waals surface area contributed by atoms with Crippen LogP contribution in [0.3, 0.4) is 0 Å². The summed E-state index contributed by atoms with van der Waals surface area (Å²) >= 11 is 0. The van der Waals surface area contributed by atoms with E-state index in [-0.39, 0.29) is 12.5 Å². The lowest BCUT2D eigenvalue weighted by molar-refractivity contribution is -0.117. The van der Waals surface area contributed by atoms with Gasteiger partial charge in [-0.25, -0.2) is 14.1 Å². The molecule has 17 heavy (non-hydrogen) atoms. The van der Waals surface area contributed by atoms with Gasteiger partial charge in [0.15, 0.2) is 0 Å². The van der Waals surface area contributed by atoms with E-state index >= 15 is 0 Å². The van der Waals surface area contributed by atoms with Crippen molar-refractivity contribution >= 4 is 11.7 Å². The molecule has 0 saturated heterocycles. The van der Waals surface area contributed by atoms with E-state index in [2.05, 4.69) is 20.6 Å². The highest BCUT2D eigenvalue weighted by Gasteiger charge is 2.07. The summed E-state index contributed by atoms with van der Waals surface area (Å²) < 4.78 is 14.0. The fourth-order valence-corrected chi connectivity index (χ4v) is 1.23. The Bertz CT molecular complexity index is 522. The van der Waals surface area contributed by atoms with Gasteiger partial charge >= 0.3 is 0 Å². The Morgan fingerprint density at radius 1 is 1.47 bits per heavy atom. The number of nitrogens with zero attached hydrogens (tertiary/aromatic N) is 4. The van der Waals surface area contributed by atoms with Crippen LogP contribution in [0.2, 0.25) is 0 Å². The summed E-state index contributed by atoms with van der Waals surface area (Å²) in [4.78, 5) is 15.3. The predicted molar refractivity (Wildman–Crippen MR) is 57.6 cm³/mol. The van der Waals surface area contributed by atoms with E-state index in [1.165, 1.54) is 16.8 Å². The lowest BCUT2D eigenvalue weighted by atomic mass is 10.4. The van der Waals surface area contributed by atoms with Crippen LogP contribution >= 0.6 is 0 Å². The molecule has 0 unspecified atom stereocenters. The predicted octanol–water partition coefficient (Wildman–Crippen LogP) is 0.759. The second kappa shape index (κ2) is 4.69. The van der Waals surface area contributed by atoms with Gasteiger partial charge in [-0.3, -0.25) is 4.79 Å². The molecule has 0 spiro atoms. The summed E-state index contributed by atoms with van der Waals surface area (Å²) in [5.41, 5.74) is 0.784. The Labute approximate surface area is 96.5 Å². The average molecular weight is 235 g/mol. The van der Waals surface area contributed by atoms with E-state index in [1.54, 1.807) is 13.1 Å². The molecule has 6 nitrogen and oxygen atoms in total. The van der Waals surface area contributed by atoms with Crippen molar-refractivity contribution in [2.24, 2.45) is 0 Å². The third-order valence-corrected chi connectivity index (χ3v) is 2.10. The summed E-state index contributed by atoms with van der Waals surface area (Å²) in [5.74, 6) is -0.443. The standard InChI is InChI=1S/C10H10FN5O/c1-7-4-13-15-16(7)6-10(17)14-9-3-2-8(11)5-12-9/h2-5H,6H2,1H3,(H,12,14,17). The van der Waals surface area contributed by atoms with Crippen LogP contribution in [0.25, 0.3) is 0 Å². The molecule has 88 valence electrons. The molecular formula is C10H10FN5O. The smallest absolute Gasteiger partial charge is 0.247 e. The maximum atomic E-state index is 12.6. The number of nitrogens with one attached hydrogen (secondary N) is 1. The number of carbonyl (C=O) groups excluding carboxylic acids is 1. The highest BCUT2D eigenvalue weighted by atomic mass is 19.1. The Kier molecular flexibility index (Phi) is 3.08. The number of pyridine rings is 1. The molecule has 2 rings (SSSR count). The van der Waals surface area contributed by atoms with Crippen LogP contribution < -0.4 is 5.32 Å². The molecule has 0 aliphatic rings. The minimum atomic E-state index is -0.449. The summed E-state index contributed by atoms with van der Waals surface area (Å²) in [6.45, 7) is 1.84. The number of carbonyl (C=O) groups is 1. The molecule has 0 aliphatic heterocycles. The van der Waals surface area contributed by atoms with Crippen LogP contribution in [0.5, 0.6) is 0 Å². The molecule has 1 N–H and O–H groups in total. The number of anilines is 1. The van der Waals surface area contributed by atoms with Crippen molar-refractivity contribution < 1.29 is 9.18 Å². The largest absolute Gasteiger partial charge is 0.309 e. The lowest BCUT2D eigenvalue weighted by Gasteiger charge is -2.04. The molecular weight excluding hydrogens is 225 g/mol. The molecule has 0 atom stereocenters. The molecule has 7 heteroatoms. The van der Waals surface area contributed by atoms with E-state index in [0.29, 0.717) is 5.82 Å². The van der Waals surface area contributed by atoms with Gasteiger partial charge in [-0.05, 0) is 19.1 Å². The maximum Gasteiger partial charge on any atom is 0.247 e. The Morgan fingerprint density at radius 3 is 2.88 bits per heavy atom. The van der Waals surface area contributed by atoms with Crippen LogP contribution in [-0.4, -0.2) is 25.9 Å². The van der Waals surface area contributed by atoms with Gasteiger partial charge < -0.3 is 5.32 Å². The molecule has 2 aromatic heterocycles. The van der Waals surface area contributed by atoms with E-state index in [1.807, 2.05) is 0 Å². The number of rotatable bonds is 3. The van der Waals surface area contributed by atoms with Crippen molar-refractivity contribution in [1.29, 1.82) is 0 Å². The third-order valence-electron chi connectivity index (χ3n) is 2.10. The topological polar surface area (TPSA) is 72.7 Å². The molecule has 0 saturated carbocycles. The Morgan fingerprint density at radius 2 is 2.29 bits per heavy atom. The summed E-state index contributed by atoms with van der Waals surface area (Å²) in [5, 5.41) is 9.93. The second-order valence-corrected chi connectivity index (χ2v) is 3.44. The zero-order chi connectivity index (χ0) is 12.3. The summed E-state index contributed by atoms with van der Waals surface area (Å²) in [6.07, 6.45) is 2.60. The van der Waals surface area contributed by atoms with Gasteiger partial charge in [-0.1, -0.05) is 5.21 Å². The summed E-state index contributed by atoms with van der Waals surface area (Å²) in [6, 6.07) is 2.62. The van der Waals surface area contributed by atoms with Gasteiger partial charge in [0.2, 0.25) is 5.91 Å². The average Bonchev–Trinajstić information content (AvgIpc) is 2.68. The Hall–Kier alpha value is -2.31. The van der Waals surface area contributed by atoms with E-state index in [4.69, 9.17) is 0 Å². The first-order valence-electron chi connectivity index (χ1n) is 4.91. The number of aromatic nitrogens is 4. The van der Waals surface area contributed by atoms with Crippen molar-refractivity contribution in [2.75, 3.05) is 5.32 Å². The van der Waals surface area contributed by atoms with Gasteiger partial charge in [-0.2, -0.15) is 0 Å². The van der Waals surface area contributed by atoms with Gasteiger partial charge in [0.25, 0.3) is 0 Å². The molecule has 0 fully saturated rings. The first-order chi connectivity index (χ1) is 8.15. The molecule has 0 aliphatic carbocycles. The number of aryl methyl sites for hydroxylation is 1. The van der Waals surface area contributed by atoms with Gasteiger partial charge in [0, 0.05) is 0 Å². The zero-order valence-corrected chi connectivity index (χ0v) is 9.09. The lowest BCUT2D eigenvalue weighted by Crippen LogP contribution is -2.20. The fourth-order valence-electron chi connectivity index (χ4n) is 1.23. The van der Waals surface area contributed by atoms with Gasteiger partial charge in [-0.15, -0.1) is 5.10 Å². The van der Waals surface area contributed by atoms with Crippen molar-refractivity contribution in [3.63, 3.8) is 0 Å². The van der Waals surface area contributed by atoms with Gasteiger partial charge in [0.05, 0.1) is 18.1 Å². The minimum Gasteiger partial charge on any atom is -0.309 e. The van der Waals surface area contributed by atoms with Crippen molar-refractivity contribution in [1.82, 2.24) is 20.0 Å². The SMILES string of the molecule is Cc1cnnn1CC(=O)Nc1ccc(F)cn1. The number of halogens is 1. The zero-order valence-electron chi connectivity index (χ0n) is 9.09. The number of amides is 1. The second-order valence-electron chi connectivity index (χ2n) is 3.44. The third kappa shape index (κ3) is 2.83. The van der Waals surface area contributed by atoms with E-state index in [0.717, 1.165) is 11.9 Å². The van der Waals surface area contributed by atoms with Crippen molar-refractivity contribution in [3.05, 3.63) is 36.0 Å². The molecule has 2 aromatic rings. The molecule has 0 bridgehead atoms. The normalized spacial score (nSPS) is 10.2. The summed E-state index contributed by atoms with van der Waals surface area (Å²) in [7, 11) is 0. The first kappa shape index (κ1) is 11.2.